The summed E-state index contributed by atoms with van der Waals surface area (Å²) in [5.41, 5.74) is 7.06. The molecule has 0 aliphatic heterocycles. The van der Waals surface area contributed by atoms with Crippen LogP contribution in [0.2, 0.25) is 0 Å². The lowest BCUT2D eigenvalue weighted by Crippen LogP contribution is -2.15. The molecular formula is C23H25F3N5. The van der Waals surface area contributed by atoms with Crippen molar-refractivity contribution in [2.75, 3.05) is 16.4 Å². The van der Waals surface area contributed by atoms with Gasteiger partial charge in [-0.25, -0.2) is 9.97 Å². The van der Waals surface area contributed by atoms with Crippen molar-refractivity contribution in [2.45, 2.75) is 57.8 Å². The second-order valence-corrected chi connectivity index (χ2v) is 8.14. The van der Waals surface area contributed by atoms with Crippen LogP contribution in [0.25, 0.3) is 10.9 Å². The molecule has 1 fully saturated rings. The molecule has 0 unspecified atom stereocenters. The Kier molecular flexibility index (Phi) is 5.64. The Morgan fingerprint density at radius 3 is 2.58 bits per heavy atom. The normalized spacial score (nSPS) is 15.9. The number of hydrogen-bond donors (Lipinski definition) is 3. The highest BCUT2D eigenvalue weighted by Crippen LogP contribution is 2.34. The van der Waals surface area contributed by atoms with E-state index in [-0.39, 0.29) is 5.69 Å². The van der Waals surface area contributed by atoms with Crippen molar-refractivity contribution < 1.29 is 13.2 Å². The highest BCUT2D eigenvalue weighted by Gasteiger charge is 2.31. The zero-order valence-electron chi connectivity index (χ0n) is 17.5. The average molecular weight is 428 g/mol. The second-order valence-electron chi connectivity index (χ2n) is 8.14. The minimum atomic E-state index is -4.46. The molecule has 1 radical (unpaired) electrons. The lowest BCUT2D eigenvalue weighted by atomic mass is 10.0. The summed E-state index contributed by atoms with van der Waals surface area (Å²) >= 11 is 0. The van der Waals surface area contributed by atoms with Gasteiger partial charge >= 0.3 is 6.18 Å². The molecule has 2 aromatic carbocycles. The first-order chi connectivity index (χ1) is 14.7. The van der Waals surface area contributed by atoms with Gasteiger partial charge in [-0.05, 0) is 62.6 Å². The fraction of sp³-hybridized carbons (Fsp3) is 0.391. The maximum absolute atomic E-state index is 13.2. The van der Waals surface area contributed by atoms with E-state index in [0.29, 0.717) is 23.2 Å². The summed E-state index contributed by atoms with van der Waals surface area (Å²) in [6.45, 7) is 3.56. The third kappa shape index (κ3) is 4.84. The summed E-state index contributed by atoms with van der Waals surface area (Å²) in [7, 11) is 0. The molecule has 8 heteroatoms. The molecule has 1 heterocycles. The summed E-state index contributed by atoms with van der Waals surface area (Å²) in [5, 5.41) is 7.55. The monoisotopic (exact) mass is 428 g/mol. The quantitative estimate of drug-likeness (QED) is 0.443. The predicted molar refractivity (Wildman–Crippen MR) is 117 cm³/mol. The van der Waals surface area contributed by atoms with Crippen molar-refractivity contribution in [3.05, 3.63) is 53.3 Å². The number of hydrogen-bond acceptors (Lipinski definition) is 5. The molecule has 1 aromatic heterocycles. The van der Waals surface area contributed by atoms with Crippen LogP contribution in [0.3, 0.4) is 0 Å². The molecule has 1 aliphatic rings. The zero-order valence-corrected chi connectivity index (χ0v) is 17.5. The van der Waals surface area contributed by atoms with E-state index >= 15 is 0 Å². The van der Waals surface area contributed by atoms with Crippen LogP contribution in [0.15, 0.2) is 30.3 Å². The van der Waals surface area contributed by atoms with E-state index in [9.17, 15) is 13.2 Å². The number of nitrogen functional groups attached to an aromatic ring is 1. The van der Waals surface area contributed by atoms with E-state index in [0.717, 1.165) is 41.6 Å². The topological polar surface area (TPSA) is 75.9 Å². The van der Waals surface area contributed by atoms with E-state index in [4.69, 9.17) is 5.73 Å². The Labute approximate surface area is 179 Å². The Hall–Kier alpha value is -3.03. The van der Waals surface area contributed by atoms with Crippen molar-refractivity contribution in [3.63, 3.8) is 0 Å². The molecule has 5 nitrogen and oxygen atoms in total. The van der Waals surface area contributed by atoms with Gasteiger partial charge in [-0.1, -0.05) is 12.8 Å². The number of aromatic nitrogens is 2. The lowest BCUT2D eigenvalue weighted by molar-refractivity contribution is -0.137. The highest BCUT2D eigenvalue weighted by molar-refractivity contribution is 5.91. The summed E-state index contributed by atoms with van der Waals surface area (Å²) in [6, 6.07) is 10.6. The number of anilines is 3. The molecule has 0 amide bonds. The van der Waals surface area contributed by atoms with Gasteiger partial charge in [0.25, 0.3) is 0 Å². The number of nitrogens with zero attached hydrogens (tertiary/aromatic N) is 2. The van der Waals surface area contributed by atoms with Crippen molar-refractivity contribution in [3.8, 4) is 0 Å². The molecular weight excluding hydrogens is 403 g/mol. The largest absolute Gasteiger partial charge is 0.416 e. The van der Waals surface area contributed by atoms with Gasteiger partial charge in [0.05, 0.1) is 17.1 Å². The van der Waals surface area contributed by atoms with Crippen LogP contribution in [0.4, 0.5) is 30.4 Å². The maximum atomic E-state index is 13.2. The minimum absolute atomic E-state index is 0.0693. The van der Waals surface area contributed by atoms with Crippen molar-refractivity contribution >= 4 is 28.1 Å². The first-order valence-corrected chi connectivity index (χ1v) is 10.4. The second kappa shape index (κ2) is 8.24. The maximum Gasteiger partial charge on any atom is 0.416 e. The Morgan fingerprint density at radius 2 is 1.87 bits per heavy atom. The molecule has 4 N–H and O–H groups in total. The van der Waals surface area contributed by atoms with Crippen LogP contribution < -0.4 is 16.4 Å². The van der Waals surface area contributed by atoms with E-state index in [1.165, 1.54) is 12.8 Å². The van der Waals surface area contributed by atoms with Crippen LogP contribution in [-0.2, 0) is 6.18 Å². The number of nitrogens with one attached hydrogen (secondary N) is 2. The van der Waals surface area contributed by atoms with Crippen molar-refractivity contribution in [1.29, 1.82) is 0 Å². The van der Waals surface area contributed by atoms with Crippen molar-refractivity contribution in [1.82, 2.24) is 9.97 Å². The summed E-state index contributed by atoms with van der Waals surface area (Å²) in [4.78, 5) is 8.99. The van der Waals surface area contributed by atoms with E-state index in [1.54, 1.807) is 19.9 Å². The molecule has 3 aromatic rings. The summed E-state index contributed by atoms with van der Waals surface area (Å²) < 4.78 is 39.6. The number of nitrogens with two attached hydrogens (primary N) is 1. The number of fused-ring (bicyclic) bond motifs is 1. The van der Waals surface area contributed by atoms with Gasteiger partial charge in [0.2, 0.25) is 0 Å². The Morgan fingerprint density at radius 1 is 1.13 bits per heavy atom. The van der Waals surface area contributed by atoms with E-state index < -0.39 is 17.8 Å². The summed E-state index contributed by atoms with van der Waals surface area (Å²) in [6.07, 6.45) is 0.249. The lowest BCUT2D eigenvalue weighted by Gasteiger charge is -2.19. The van der Waals surface area contributed by atoms with Crippen LogP contribution in [0.1, 0.15) is 55.6 Å². The number of halogens is 3. The molecule has 4 rings (SSSR count). The fourth-order valence-electron chi connectivity index (χ4n) is 4.05. The predicted octanol–water partition coefficient (Wildman–Crippen LogP) is 5.87. The third-order valence-corrected chi connectivity index (χ3v) is 5.61. The highest BCUT2D eigenvalue weighted by atomic mass is 19.4. The van der Waals surface area contributed by atoms with Crippen LogP contribution in [0, 0.1) is 13.0 Å². The molecule has 31 heavy (non-hydrogen) atoms. The SMILES string of the molecule is Cc1nc(N[C@H](C)c2cc(N)cc(C(F)(F)F)c2)c2cc(NC3CCCC3)[c]cc2n1. The molecule has 1 saturated carbocycles. The Balaban J connectivity index is 1.66. The van der Waals surface area contributed by atoms with Gasteiger partial charge in [-0.15, -0.1) is 0 Å². The molecule has 1 atom stereocenters. The van der Waals surface area contributed by atoms with E-state index in [1.807, 2.05) is 12.1 Å². The standard InChI is InChI=1S/C23H25F3N5/c1-13(15-9-16(23(24,25)26)11-17(27)10-15)28-22-20-12-19(31-18-5-3-4-6-18)7-8-21(20)29-14(2)30-22/h8-13,18,31H,3-6,27H2,1-2H3,(H,28,29,30)/t13-/m1/s1. The molecule has 163 valence electrons. The first-order valence-electron chi connectivity index (χ1n) is 10.4. The smallest absolute Gasteiger partial charge is 0.399 e. The molecule has 0 spiro atoms. The van der Waals surface area contributed by atoms with Gasteiger partial charge in [-0.2, -0.15) is 13.2 Å². The number of rotatable bonds is 5. The van der Waals surface area contributed by atoms with E-state index in [2.05, 4.69) is 26.7 Å². The summed E-state index contributed by atoms with van der Waals surface area (Å²) in [5.74, 6) is 1.13. The fourth-order valence-corrected chi connectivity index (χ4v) is 4.05. The van der Waals surface area contributed by atoms with Crippen molar-refractivity contribution in [2.24, 2.45) is 0 Å². The number of alkyl halides is 3. The minimum Gasteiger partial charge on any atom is -0.399 e. The zero-order chi connectivity index (χ0) is 22.2. The van der Waals surface area contributed by atoms with Gasteiger partial charge in [0.15, 0.2) is 0 Å². The number of aryl methyl sites for hydroxylation is 1. The average Bonchev–Trinajstić information content (AvgIpc) is 3.20. The van der Waals surface area contributed by atoms with Gasteiger partial charge in [0.1, 0.15) is 11.6 Å². The molecule has 0 bridgehead atoms. The van der Waals surface area contributed by atoms with Gasteiger partial charge in [0, 0.05) is 28.9 Å². The van der Waals surface area contributed by atoms with Gasteiger partial charge < -0.3 is 16.4 Å². The first kappa shape index (κ1) is 21.2. The molecule has 1 aliphatic carbocycles. The van der Waals surface area contributed by atoms with Crippen LogP contribution in [-0.4, -0.2) is 16.0 Å². The van der Waals surface area contributed by atoms with Crippen LogP contribution in [0.5, 0.6) is 0 Å². The molecule has 0 saturated heterocycles. The Bertz CT molecular complexity index is 1090. The van der Waals surface area contributed by atoms with Crippen LogP contribution >= 0.6 is 0 Å². The third-order valence-electron chi connectivity index (χ3n) is 5.61. The van der Waals surface area contributed by atoms with Gasteiger partial charge in [-0.3, -0.25) is 0 Å². The number of benzene rings is 2.